The molecule has 1 aromatic rings. The highest BCUT2D eigenvalue weighted by molar-refractivity contribution is 5.39. The van der Waals surface area contributed by atoms with Gasteiger partial charge in [-0.25, -0.2) is 4.84 Å². The Kier molecular flexibility index (Phi) is 3.38. The average Bonchev–Trinajstić information content (AvgIpc) is 2.29. The van der Waals surface area contributed by atoms with Gasteiger partial charge in [0.1, 0.15) is 0 Å². The van der Waals surface area contributed by atoms with E-state index in [1.807, 2.05) is 30.3 Å². The van der Waals surface area contributed by atoms with Crippen LogP contribution in [0.15, 0.2) is 30.3 Å². The number of nitrogens with one attached hydrogen (secondary N) is 1. The summed E-state index contributed by atoms with van der Waals surface area (Å²) in [5.41, 5.74) is 3.85. The third-order valence-corrected chi connectivity index (χ3v) is 2.22. The molecule has 3 nitrogen and oxygen atoms in total. The first-order valence-corrected chi connectivity index (χ1v) is 5.03. The molecule has 0 spiro atoms. The fraction of sp³-hybridized carbons (Fsp3) is 0.455. The van der Waals surface area contributed by atoms with Gasteiger partial charge in [0, 0.05) is 13.0 Å². The second kappa shape index (κ2) is 4.98. The van der Waals surface area contributed by atoms with E-state index in [1.54, 1.807) is 0 Å². The number of anilines is 1. The van der Waals surface area contributed by atoms with Gasteiger partial charge in [0.15, 0.2) is 6.29 Å². The van der Waals surface area contributed by atoms with Gasteiger partial charge in [0.05, 0.1) is 5.69 Å². The first-order valence-electron chi connectivity index (χ1n) is 5.03. The van der Waals surface area contributed by atoms with Crippen LogP contribution in [-0.2, 0) is 9.57 Å². The quantitative estimate of drug-likeness (QED) is 0.748. The molecule has 3 heteroatoms. The molecule has 1 saturated heterocycles. The molecule has 0 bridgehead atoms. The van der Waals surface area contributed by atoms with Gasteiger partial charge in [-0.05, 0) is 25.0 Å². The summed E-state index contributed by atoms with van der Waals surface area (Å²) in [6.07, 6.45) is 3.20. The lowest BCUT2D eigenvalue weighted by Crippen LogP contribution is -2.24. The molecule has 1 fully saturated rings. The predicted octanol–water partition coefficient (Wildman–Crippen LogP) is 2.56. The van der Waals surface area contributed by atoms with Gasteiger partial charge in [-0.2, -0.15) is 0 Å². The van der Waals surface area contributed by atoms with Crippen LogP contribution in [0.1, 0.15) is 19.3 Å². The summed E-state index contributed by atoms with van der Waals surface area (Å²) < 4.78 is 5.41. The first-order chi connectivity index (χ1) is 6.95. The van der Waals surface area contributed by atoms with E-state index in [2.05, 4.69) is 5.48 Å². The second-order valence-electron chi connectivity index (χ2n) is 3.38. The maximum Gasteiger partial charge on any atom is 0.183 e. The summed E-state index contributed by atoms with van der Waals surface area (Å²) in [6.45, 7) is 0.807. The van der Waals surface area contributed by atoms with Crippen LogP contribution in [0.3, 0.4) is 0 Å². The zero-order chi connectivity index (χ0) is 9.64. The first kappa shape index (κ1) is 9.49. The van der Waals surface area contributed by atoms with Crippen LogP contribution in [0.4, 0.5) is 5.69 Å². The molecule has 1 N–H and O–H groups in total. The minimum absolute atomic E-state index is 0.0936. The molecule has 1 aliphatic rings. The van der Waals surface area contributed by atoms with Gasteiger partial charge in [0.25, 0.3) is 0 Å². The van der Waals surface area contributed by atoms with Crippen LogP contribution >= 0.6 is 0 Å². The number of para-hydroxylation sites is 1. The SMILES string of the molecule is c1ccc(NOC2CCCCO2)cc1. The van der Waals surface area contributed by atoms with Gasteiger partial charge >= 0.3 is 0 Å². The molecule has 14 heavy (non-hydrogen) atoms. The molecule has 1 aromatic carbocycles. The molecule has 2 rings (SSSR count). The summed E-state index contributed by atoms with van der Waals surface area (Å²) in [7, 11) is 0. The van der Waals surface area contributed by atoms with Crippen molar-refractivity contribution >= 4 is 5.69 Å². The summed E-state index contributed by atoms with van der Waals surface area (Å²) in [5, 5.41) is 0. The molecule has 0 aliphatic carbocycles. The normalized spacial score (nSPS) is 21.9. The zero-order valence-corrected chi connectivity index (χ0v) is 8.11. The fourth-order valence-corrected chi connectivity index (χ4v) is 1.44. The minimum Gasteiger partial charge on any atom is -0.350 e. The second-order valence-corrected chi connectivity index (χ2v) is 3.38. The Morgan fingerprint density at radius 2 is 2.07 bits per heavy atom. The van der Waals surface area contributed by atoms with Crippen LogP contribution in [0, 0.1) is 0 Å². The molecule has 0 radical (unpaired) electrons. The largest absolute Gasteiger partial charge is 0.350 e. The van der Waals surface area contributed by atoms with E-state index in [9.17, 15) is 0 Å². The number of benzene rings is 1. The lowest BCUT2D eigenvalue weighted by Gasteiger charge is -2.22. The van der Waals surface area contributed by atoms with E-state index in [-0.39, 0.29) is 6.29 Å². The van der Waals surface area contributed by atoms with E-state index in [4.69, 9.17) is 9.57 Å². The highest BCUT2D eigenvalue weighted by Crippen LogP contribution is 2.14. The predicted molar refractivity (Wildman–Crippen MR) is 54.7 cm³/mol. The summed E-state index contributed by atoms with van der Waals surface area (Å²) in [5.74, 6) is 0. The Balaban J connectivity index is 1.76. The molecule has 1 atom stereocenters. The third kappa shape index (κ3) is 2.72. The van der Waals surface area contributed by atoms with Gasteiger partial charge in [0.2, 0.25) is 0 Å². The maximum absolute atomic E-state index is 5.41. The highest BCUT2D eigenvalue weighted by Gasteiger charge is 2.13. The maximum atomic E-state index is 5.41. The molecular formula is C11H15NO2. The van der Waals surface area contributed by atoms with E-state index >= 15 is 0 Å². The number of hydrogen-bond acceptors (Lipinski definition) is 3. The zero-order valence-electron chi connectivity index (χ0n) is 8.11. The molecular weight excluding hydrogens is 178 g/mol. The molecule has 0 saturated carbocycles. The van der Waals surface area contributed by atoms with Crippen molar-refractivity contribution in [1.82, 2.24) is 0 Å². The monoisotopic (exact) mass is 193 g/mol. The number of hydrogen-bond donors (Lipinski definition) is 1. The molecule has 1 aliphatic heterocycles. The van der Waals surface area contributed by atoms with Crippen LogP contribution in [-0.4, -0.2) is 12.9 Å². The van der Waals surface area contributed by atoms with Gasteiger partial charge < -0.3 is 4.74 Å². The molecule has 0 amide bonds. The van der Waals surface area contributed by atoms with Gasteiger partial charge in [-0.15, -0.1) is 0 Å². The minimum atomic E-state index is -0.0936. The number of rotatable bonds is 3. The summed E-state index contributed by atoms with van der Waals surface area (Å²) in [6, 6.07) is 9.83. The van der Waals surface area contributed by atoms with Gasteiger partial charge in [-0.3, -0.25) is 5.48 Å². The van der Waals surface area contributed by atoms with Crippen molar-refractivity contribution in [1.29, 1.82) is 0 Å². The Labute approximate surface area is 84.0 Å². The Hall–Kier alpha value is -1.06. The molecule has 1 heterocycles. The van der Waals surface area contributed by atoms with Crippen LogP contribution in [0.5, 0.6) is 0 Å². The third-order valence-electron chi connectivity index (χ3n) is 2.22. The molecule has 0 aromatic heterocycles. The Morgan fingerprint density at radius 3 is 2.79 bits per heavy atom. The van der Waals surface area contributed by atoms with Crippen molar-refractivity contribution in [3.8, 4) is 0 Å². The van der Waals surface area contributed by atoms with E-state index in [0.717, 1.165) is 25.1 Å². The lowest BCUT2D eigenvalue weighted by molar-refractivity contribution is -0.145. The van der Waals surface area contributed by atoms with Crippen molar-refractivity contribution in [2.75, 3.05) is 12.1 Å². The lowest BCUT2D eigenvalue weighted by atomic mass is 10.2. The smallest absolute Gasteiger partial charge is 0.183 e. The van der Waals surface area contributed by atoms with Crippen LogP contribution in [0.2, 0.25) is 0 Å². The summed E-state index contributed by atoms with van der Waals surface area (Å²) >= 11 is 0. The van der Waals surface area contributed by atoms with E-state index < -0.39 is 0 Å². The van der Waals surface area contributed by atoms with Crippen molar-refractivity contribution in [3.63, 3.8) is 0 Å². The van der Waals surface area contributed by atoms with E-state index in [1.165, 1.54) is 6.42 Å². The number of ether oxygens (including phenoxy) is 1. The van der Waals surface area contributed by atoms with Crippen molar-refractivity contribution in [2.24, 2.45) is 0 Å². The molecule has 76 valence electrons. The fourth-order valence-electron chi connectivity index (χ4n) is 1.44. The van der Waals surface area contributed by atoms with Crippen molar-refractivity contribution < 1.29 is 9.57 Å². The van der Waals surface area contributed by atoms with E-state index in [0.29, 0.717) is 0 Å². The highest BCUT2D eigenvalue weighted by atomic mass is 16.8. The Bertz CT molecular complexity index is 257. The average molecular weight is 193 g/mol. The Morgan fingerprint density at radius 1 is 1.21 bits per heavy atom. The van der Waals surface area contributed by atoms with Crippen molar-refractivity contribution in [2.45, 2.75) is 25.6 Å². The topological polar surface area (TPSA) is 30.5 Å². The summed E-state index contributed by atoms with van der Waals surface area (Å²) in [4.78, 5) is 5.40. The van der Waals surface area contributed by atoms with Crippen LogP contribution < -0.4 is 5.48 Å². The van der Waals surface area contributed by atoms with Crippen molar-refractivity contribution in [3.05, 3.63) is 30.3 Å². The molecule has 1 unspecified atom stereocenters. The van der Waals surface area contributed by atoms with Crippen LogP contribution in [0.25, 0.3) is 0 Å². The van der Waals surface area contributed by atoms with Gasteiger partial charge in [-0.1, -0.05) is 18.2 Å². The standard InChI is InChI=1S/C11H15NO2/c1-2-6-10(7-3-1)12-14-11-8-4-5-9-13-11/h1-3,6-7,11-12H,4-5,8-9H2.